The van der Waals surface area contributed by atoms with Gasteiger partial charge in [-0.3, -0.25) is 0 Å². The Bertz CT molecular complexity index is 934. The molecule has 22 heavy (non-hydrogen) atoms. The molecule has 110 valence electrons. The van der Waals surface area contributed by atoms with Crippen molar-refractivity contribution in [3.05, 3.63) is 60.6 Å². The first-order valence-corrected chi connectivity index (χ1v) is 7.40. The summed E-state index contributed by atoms with van der Waals surface area (Å²) in [7, 11) is 0. The number of aryl methyl sites for hydroxylation is 1. The third kappa shape index (κ3) is 2.20. The number of benzene rings is 1. The Hall–Kier alpha value is -2.82. The fourth-order valence-electron chi connectivity index (χ4n) is 2.80. The molecule has 0 amide bonds. The standard InChI is InChI=1S/C17H17N5/c1-13-12-17(22-16(20-13)6-8-19-22)18-9-11-21-10-7-14-4-2-3-5-15(14)21/h2-8,10,12,18H,9,11H2,1H3. The predicted octanol–water partition coefficient (Wildman–Crippen LogP) is 3.10. The molecule has 3 aromatic heterocycles. The maximum Gasteiger partial charge on any atom is 0.157 e. The Morgan fingerprint density at radius 3 is 3.00 bits per heavy atom. The van der Waals surface area contributed by atoms with Crippen molar-refractivity contribution in [1.29, 1.82) is 0 Å². The van der Waals surface area contributed by atoms with Gasteiger partial charge < -0.3 is 9.88 Å². The van der Waals surface area contributed by atoms with Crippen molar-refractivity contribution in [2.45, 2.75) is 13.5 Å². The number of para-hydroxylation sites is 1. The van der Waals surface area contributed by atoms with Gasteiger partial charge in [0, 0.05) is 42.6 Å². The molecule has 0 aliphatic heterocycles. The number of rotatable bonds is 4. The van der Waals surface area contributed by atoms with E-state index in [1.54, 1.807) is 6.20 Å². The van der Waals surface area contributed by atoms with Crippen LogP contribution in [-0.4, -0.2) is 25.7 Å². The number of nitrogens with zero attached hydrogens (tertiary/aromatic N) is 4. The average molecular weight is 291 g/mol. The summed E-state index contributed by atoms with van der Waals surface area (Å²) in [5.74, 6) is 0.976. The number of nitrogens with one attached hydrogen (secondary N) is 1. The van der Waals surface area contributed by atoms with Gasteiger partial charge in [0.2, 0.25) is 0 Å². The minimum absolute atomic E-state index is 0.830. The van der Waals surface area contributed by atoms with Crippen molar-refractivity contribution in [2.24, 2.45) is 0 Å². The number of fused-ring (bicyclic) bond motifs is 2. The van der Waals surface area contributed by atoms with E-state index in [2.05, 4.69) is 56.5 Å². The highest BCUT2D eigenvalue weighted by Crippen LogP contribution is 2.15. The number of hydrogen-bond donors (Lipinski definition) is 1. The van der Waals surface area contributed by atoms with Gasteiger partial charge in [-0.15, -0.1) is 0 Å². The normalized spacial score (nSPS) is 11.3. The Morgan fingerprint density at radius 2 is 2.05 bits per heavy atom. The average Bonchev–Trinajstić information content (AvgIpc) is 3.14. The molecule has 4 aromatic rings. The Balaban J connectivity index is 1.54. The fraction of sp³-hybridized carbons (Fsp3) is 0.176. The Kier molecular flexibility index (Phi) is 3.04. The lowest BCUT2D eigenvalue weighted by Crippen LogP contribution is -2.13. The zero-order chi connectivity index (χ0) is 14.9. The molecule has 5 heteroatoms. The van der Waals surface area contributed by atoms with Crippen molar-refractivity contribution < 1.29 is 0 Å². The predicted molar refractivity (Wildman–Crippen MR) is 88.2 cm³/mol. The topological polar surface area (TPSA) is 47.2 Å². The lowest BCUT2D eigenvalue weighted by molar-refractivity contribution is 0.750. The van der Waals surface area contributed by atoms with Crippen molar-refractivity contribution in [2.75, 3.05) is 11.9 Å². The van der Waals surface area contributed by atoms with E-state index in [1.165, 1.54) is 10.9 Å². The summed E-state index contributed by atoms with van der Waals surface area (Å²) in [5.41, 5.74) is 3.12. The van der Waals surface area contributed by atoms with Gasteiger partial charge in [-0.1, -0.05) is 18.2 Å². The van der Waals surface area contributed by atoms with Crippen LogP contribution in [-0.2, 0) is 6.54 Å². The van der Waals surface area contributed by atoms with Crippen LogP contribution in [0.4, 0.5) is 5.82 Å². The first-order chi connectivity index (χ1) is 10.8. The minimum atomic E-state index is 0.830. The number of hydrogen-bond acceptors (Lipinski definition) is 3. The van der Waals surface area contributed by atoms with Crippen LogP contribution < -0.4 is 5.32 Å². The van der Waals surface area contributed by atoms with Gasteiger partial charge in [0.1, 0.15) is 5.82 Å². The number of aromatic nitrogens is 4. The van der Waals surface area contributed by atoms with Crippen LogP contribution in [0, 0.1) is 6.92 Å². The summed E-state index contributed by atoms with van der Waals surface area (Å²) in [6.07, 6.45) is 3.90. The highest BCUT2D eigenvalue weighted by molar-refractivity contribution is 5.79. The van der Waals surface area contributed by atoms with E-state index < -0.39 is 0 Å². The van der Waals surface area contributed by atoms with Crippen LogP contribution >= 0.6 is 0 Å². The second kappa shape index (κ2) is 5.18. The van der Waals surface area contributed by atoms with E-state index in [4.69, 9.17) is 0 Å². The zero-order valence-electron chi connectivity index (χ0n) is 12.4. The van der Waals surface area contributed by atoms with E-state index in [9.17, 15) is 0 Å². The summed E-state index contributed by atoms with van der Waals surface area (Å²) >= 11 is 0. The van der Waals surface area contributed by atoms with Gasteiger partial charge in [-0.25, -0.2) is 4.98 Å². The molecule has 1 N–H and O–H groups in total. The van der Waals surface area contributed by atoms with Gasteiger partial charge >= 0.3 is 0 Å². The molecule has 0 bridgehead atoms. The summed E-state index contributed by atoms with van der Waals surface area (Å²) in [5, 5.41) is 9.04. The molecular weight excluding hydrogens is 274 g/mol. The maximum atomic E-state index is 4.45. The van der Waals surface area contributed by atoms with Crippen LogP contribution in [0.1, 0.15) is 5.69 Å². The molecule has 0 aliphatic rings. The van der Waals surface area contributed by atoms with Gasteiger partial charge in [-0.2, -0.15) is 9.61 Å². The van der Waals surface area contributed by atoms with Crippen LogP contribution in [0.25, 0.3) is 16.6 Å². The van der Waals surface area contributed by atoms with Crippen LogP contribution in [0.2, 0.25) is 0 Å². The molecule has 0 saturated heterocycles. The molecule has 0 spiro atoms. The third-order valence-corrected chi connectivity index (χ3v) is 3.83. The second-order valence-corrected chi connectivity index (χ2v) is 5.38. The molecule has 0 radical (unpaired) electrons. The molecule has 3 heterocycles. The van der Waals surface area contributed by atoms with Crippen LogP contribution in [0.15, 0.2) is 54.9 Å². The quantitative estimate of drug-likeness (QED) is 0.628. The molecule has 1 aromatic carbocycles. The summed E-state index contributed by atoms with van der Waals surface area (Å²) in [6.45, 7) is 3.73. The van der Waals surface area contributed by atoms with Gasteiger partial charge in [0.25, 0.3) is 0 Å². The lowest BCUT2D eigenvalue weighted by atomic mass is 10.2. The van der Waals surface area contributed by atoms with Crippen LogP contribution in [0.3, 0.4) is 0 Å². The molecular formula is C17H17N5. The minimum Gasteiger partial charge on any atom is -0.368 e. The largest absolute Gasteiger partial charge is 0.368 e. The van der Waals surface area contributed by atoms with Crippen molar-refractivity contribution in [3.63, 3.8) is 0 Å². The fourth-order valence-corrected chi connectivity index (χ4v) is 2.80. The third-order valence-electron chi connectivity index (χ3n) is 3.83. The molecule has 0 fully saturated rings. The van der Waals surface area contributed by atoms with E-state index in [0.717, 1.165) is 30.2 Å². The van der Waals surface area contributed by atoms with E-state index >= 15 is 0 Å². The summed E-state index contributed by atoms with van der Waals surface area (Å²) in [6, 6.07) is 14.5. The molecule has 4 rings (SSSR count). The second-order valence-electron chi connectivity index (χ2n) is 5.38. The van der Waals surface area contributed by atoms with Crippen molar-refractivity contribution in [3.8, 4) is 0 Å². The van der Waals surface area contributed by atoms with Gasteiger partial charge in [0.05, 0.1) is 6.20 Å². The molecule has 0 aliphatic carbocycles. The molecule has 0 saturated carbocycles. The molecule has 0 unspecified atom stereocenters. The highest BCUT2D eigenvalue weighted by Gasteiger charge is 2.04. The van der Waals surface area contributed by atoms with E-state index in [-0.39, 0.29) is 0 Å². The smallest absolute Gasteiger partial charge is 0.157 e. The first kappa shape index (κ1) is 12.9. The SMILES string of the molecule is Cc1cc(NCCn2ccc3ccccc32)n2nccc2n1. The lowest BCUT2D eigenvalue weighted by Gasteiger charge is -2.10. The Labute approximate surface area is 128 Å². The van der Waals surface area contributed by atoms with Gasteiger partial charge in [-0.05, 0) is 24.4 Å². The number of anilines is 1. The van der Waals surface area contributed by atoms with Crippen LogP contribution in [0.5, 0.6) is 0 Å². The van der Waals surface area contributed by atoms with E-state index in [0.29, 0.717) is 0 Å². The monoisotopic (exact) mass is 291 g/mol. The Morgan fingerprint density at radius 1 is 1.14 bits per heavy atom. The van der Waals surface area contributed by atoms with Crippen molar-refractivity contribution >= 4 is 22.4 Å². The van der Waals surface area contributed by atoms with Crippen molar-refractivity contribution in [1.82, 2.24) is 19.2 Å². The highest BCUT2D eigenvalue weighted by atomic mass is 15.3. The molecule has 0 atom stereocenters. The summed E-state index contributed by atoms with van der Waals surface area (Å²) in [4.78, 5) is 4.45. The summed E-state index contributed by atoms with van der Waals surface area (Å²) < 4.78 is 4.09. The molecule has 5 nitrogen and oxygen atoms in total. The van der Waals surface area contributed by atoms with Gasteiger partial charge in [0.15, 0.2) is 5.65 Å². The van der Waals surface area contributed by atoms with E-state index in [1.807, 2.05) is 23.6 Å². The first-order valence-electron chi connectivity index (χ1n) is 7.40. The maximum absolute atomic E-state index is 4.45. The zero-order valence-corrected chi connectivity index (χ0v) is 12.4.